The summed E-state index contributed by atoms with van der Waals surface area (Å²) in [6.45, 7) is 3.14. The Kier molecular flexibility index (Phi) is 2.23. The molecule has 1 heterocycles. The largest absolute Gasteiger partial charge is 0.384 e. The summed E-state index contributed by atoms with van der Waals surface area (Å²) in [7, 11) is 1.75. The van der Waals surface area contributed by atoms with Crippen LogP contribution >= 0.6 is 0 Å². The van der Waals surface area contributed by atoms with Crippen molar-refractivity contribution >= 4 is 5.69 Å². The van der Waals surface area contributed by atoms with Crippen LogP contribution in [0.3, 0.4) is 0 Å². The predicted molar refractivity (Wildman–Crippen MR) is 54.1 cm³/mol. The fourth-order valence-electron chi connectivity index (χ4n) is 1.71. The summed E-state index contributed by atoms with van der Waals surface area (Å²) in [5.74, 6) is 0. The van der Waals surface area contributed by atoms with Gasteiger partial charge in [-0.25, -0.2) is 0 Å². The Morgan fingerprint density at radius 2 is 2.31 bits per heavy atom. The van der Waals surface area contributed by atoms with Crippen molar-refractivity contribution in [1.29, 1.82) is 0 Å². The van der Waals surface area contributed by atoms with Gasteiger partial charge in [0, 0.05) is 19.3 Å². The van der Waals surface area contributed by atoms with Crippen LogP contribution in [0.15, 0.2) is 18.2 Å². The van der Waals surface area contributed by atoms with Gasteiger partial charge in [-0.3, -0.25) is 0 Å². The number of anilines is 1. The highest BCUT2D eigenvalue weighted by Gasteiger charge is 2.12. The van der Waals surface area contributed by atoms with E-state index in [0.717, 1.165) is 13.0 Å². The van der Waals surface area contributed by atoms with Gasteiger partial charge in [-0.05, 0) is 30.5 Å². The smallest absolute Gasteiger partial charge is 0.0793 e. The van der Waals surface area contributed by atoms with Crippen LogP contribution in [0.2, 0.25) is 0 Å². The van der Waals surface area contributed by atoms with E-state index in [1.165, 1.54) is 16.8 Å². The predicted octanol–water partition coefficient (Wildman–Crippen LogP) is 2.36. The van der Waals surface area contributed by atoms with Gasteiger partial charge in [-0.15, -0.1) is 0 Å². The van der Waals surface area contributed by atoms with Gasteiger partial charge in [0.25, 0.3) is 0 Å². The molecule has 13 heavy (non-hydrogen) atoms. The third-order valence-electron chi connectivity index (χ3n) is 2.66. The van der Waals surface area contributed by atoms with Crippen molar-refractivity contribution in [2.45, 2.75) is 19.4 Å². The van der Waals surface area contributed by atoms with E-state index in [9.17, 15) is 0 Å². The van der Waals surface area contributed by atoms with Gasteiger partial charge in [0.2, 0.25) is 0 Å². The van der Waals surface area contributed by atoms with E-state index in [2.05, 4.69) is 30.4 Å². The minimum atomic E-state index is 0.200. The normalized spacial score (nSPS) is 16.5. The maximum Gasteiger partial charge on any atom is 0.0793 e. The third kappa shape index (κ3) is 1.54. The van der Waals surface area contributed by atoms with Gasteiger partial charge in [0.15, 0.2) is 0 Å². The van der Waals surface area contributed by atoms with Gasteiger partial charge in [0.1, 0.15) is 0 Å². The third-order valence-corrected chi connectivity index (χ3v) is 2.66. The van der Waals surface area contributed by atoms with Crippen molar-refractivity contribution in [3.8, 4) is 0 Å². The number of ether oxygens (including phenoxy) is 1. The fourth-order valence-corrected chi connectivity index (χ4v) is 1.71. The summed E-state index contributed by atoms with van der Waals surface area (Å²) in [5, 5.41) is 3.34. The molecule has 2 nitrogen and oxygen atoms in total. The molecule has 2 heteroatoms. The van der Waals surface area contributed by atoms with Gasteiger partial charge in [-0.1, -0.05) is 12.1 Å². The van der Waals surface area contributed by atoms with E-state index in [4.69, 9.17) is 4.74 Å². The van der Waals surface area contributed by atoms with Crippen molar-refractivity contribution < 1.29 is 4.74 Å². The molecule has 1 aliphatic rings. The molecule has 0 radical (unpaired) electrons. The van der Waals surface area contributed by atoms with Gasteiger partial charge in [0.05, 0.1) is 6.10 Å². The van der Waals surface area contributed by atoms with Crippen LogP contribution in [0.25, 0.3) is 0 Å². The second-order valence-electron chi connectivity index (χ2n) is 3.47. The molecule has 2 rings (SSSR count). The van der Waals surface area contributed by atoms with Crippen LogP contribution in [-0.2, 0) is 11.2 Å². The Morgan fingerprint density at radius 3 is 3.08 bits per heavy atom. The first-order valence-corrected chi connectivity index (χ1v) is 4.71. The van der Waals surface area contributed by atoms with Crippen LogP contribution in [0.5, 0.6) is 0 Å². The highest BCUT2D eigenvalue weighted by molar-refractivity contribution is 5.56. The molecule has 1 unspecified atom stereocenters. The fraction of sp³-hybridized carbons (Fsp3) is 0.455. The zero-order valence-corrected chi connectivity index (χ0v) is 8.13. The Hall–Kier alpha value is -1.02. The molecule has 0 bridgehead atoms. The summed E-state index contributed by atoms with van der Waals surface area (Å²) < 4.78 is 5.28. The quantitative estimate of drug-likeness (QED) is 0.748. The van der Waals surface area contributed by atoms with E-state index in [-0.39, 0.29) is 6.10 Å². The molecule has 0 amide bonds. The molecule has 0 spiro atoms. The molecule has 1 aliphatic heterocycles. The SMILES string of the molecule is COC(C)c1ccc2c(c1)CCN2. The maximum atomic E-state index is 5.28. The summed E-state index contributed by atoms with van der Waals surface area (Å²) in [5.41, 5.74) is 3.97. The van der Waals surface area contributed by atoms with E-state index in [1.807, 2.05) is 0 Å². The second kappa shape index (κ2) is 3.38. The average Bonchev–Trinajstić information content (AvgIpc) is 2.63. The van der Waals surface area contributed by atoms with Gasteiger partial charge < -0.3 is 10.1 Å². The minimum absolute atomic E-state index is 0.200. The molecule has 0 fully saturated rings. The van der Waals surface area contributed by atoms with Gasteiger partial charge in [-0.2, -0.15) is 0 Å². The Morgan fingerprint density at radius 1 is 1.46 bits per heavy atom. The maximum absolute atomic E-state index is 5.28. The molecular formula is C11H15NO. The Bertz CT molecular complexity index is 309. The molecule has 0 aliphatic carbocycles. The average molecular weight is 177 g/mol. The standard InChI is InChI=1S/C11H15NO/c1-8(13-2)9-3-4-11-10(7-9)5-6-12-11/h3-4,7-8,12H,5-6H2,1-2H3. The zero-order chi connectivity index (χ0) is 9.26. The highest BCUT2D eigenvalue weighted by Crippen LogP contribution is 2.26. The number of methoxy groups -OCH3 is 1. The number of benzene rings is 1. The summed E-state index contributed by atoms with van der Waals surface area (Å²) in [6.07, 6.45) is 1.34. The van der Waals surface area contributed by atoms with E-state index in [1.54, 1.807) is 7.11 Å². The van der Waals surface area contributed by atoms with Crippen molar-refractivity contribution in [1.82, 2.24) is 0 Å². The van der Waals surface area contributed by atoms with E-state index >= 15 is 0 Å². The molecule has 1 N–H and O–H groups in total. The van der Waals surface area contributed by atoms with Crippen LogP contribution in [0.4, 0.5) is 5.69 Å². The highest BCUT2D eigenvalue weighted by atomic mass is 16.5. The van der Waals surface area contributed by atoms with Crippen LogP contribution in [0, 0.1) is 0 Å². The van der Waals surface area contributed by atoms with Crippen LogP contribution < -0.4 is 5.32 Å². The number of fused-ring (bicyclic) bond motifs is 1. The first-order valence-electron chi connectivity index (χ1n) is 4.71. The molecule has 0 saturated carbocycles. The number of nitrogens with one attached hydrogen (secondary N) is 1. The molecule has 1 aromatic carbocycles. The summed E-state index contributed by atoms with van der Waals surface area (Å²) in [4.78, 5) is 0. The van der Waals surface area contributed by atoms with E-state index in [0.29, 0.717) is 0 Å². The molecule has 1 atom stereocenters. The van der Waals surface area contributed by atoms with Crippen molar-refractivity contribution in [3.05, 3.63) is 29.3 Å². The van der Waals surface area contributed by atoms with Crippen LogP contribution in [-0.4, -0.2) is 13.7 Å². The minimum Gasteiger partial charge on any atom is -0.384 e. The lowest BCUT2D eigenvalue weighted by Crippen LogP contribution is -1.96. The first-order chi connectivity index (χ1) is 6.31. The lowest BCUT2D eigenvalue weighted by molar-refractivity contribution is 0.119. The zero-order valence-electron chi connectivity index (χ0n) is 8.13. The van der Waals surface area contributed by atoms with Crippen molar-refractivity contribution in [2.24, 2.45) is 0 Å². The number of hydrogen-bond acceptors (Lipinski definition) is 2. The summed E-state index contributed by atoms with van der Waals surface area (Å²) in [6, 6.07) is 6.52. The Labute approximate surface area is 78.9 Å². The Balaban J connectivity index is 2.30. The molecule has 0 saturated heterocycles. The summed E-state index contributed by atoms with van der Waals surface area (Å²) >= 11 is 0. The number of rotatable bonds is 2. The van der Waals surface area contributed by atoms with Crippen molar-refractivity contribution in [3.63, 3.8) is 0 Å². The lowest BCUT2D eigenvalue weighted by atomic mass is 10.1. The lowest BCUT2D eigenvalue weighted by Gasteiger charge is -2.10. The second-order valence-corrected chi connectivity index (χ2v) is 3.47. The monoisotopic (exact) mass is 177 g/mol. The number of hydrogen-bond donors (Lipinski definition) is 1. The molecular weight excluding hydrogens is 162 g/mol. The molecule has 70 valence electrons. The van der Waals surface area contributed by atoms with Gasteiger partial charge >= 0.3 is 0 Å². The first kappa shape index (κ1) is 8.57. The molecule has 1 aromatic rings. The van der Waals surface area contributed by atoms with E-state index < -0.39 is 0 Å². The topological polar surface area (TPSA) is 21.3 Å². The van der Waals surface area contributed by atoms with Crippen molar-refractivity contribution in [2.75, 3.05) is 19.0 Å². The van der Waals surface area contributed by atoms with Crippen LogP contribution in [0.1, 0.15) is 24.2 Å². The molecule has 0 aromatic heterocycles.